The topological polar surface area (TPSA) is 61.3 Å². The lowest BCUT2D eigenvalue weighted by atomic mass is 10.1. The van der Waals surface area contributed by atoms with E-state index in [1.165, 1.54) is 9.08 Å². The summed E-state index contributed by atoms with van der Waals surface area (Å²) in [5, 5.41) is 5.66. The van der Waals surface area contributed by atoms with E-state index in [1.807, 2.05) is 49.4 Å². The summed E-state index contributed by atoms with van der Waals surface area (Å²) >= 11 is 5.97. The van der Waals surface area contributed by atoms with Gasteiger partial charge in [-0.05, 0) is 42.3 Å². The van der Waals surface area contributed by atoms with Crippen LogP contribution >= 0.6 is 11.6 Å². The summed E-state index contributed by atoms with van der Waals surface area (Å²) in [6.07, 6.45) is 0. The van der Waals surface area contributed by atoms with Gasteiger partial charge >= 0.3 is 5.69 Å². The number of hydrogen-bond acceptors (Lipinski definition) is 3. The van der Waals surface area contributed by atoms with Crippen molar-refractivity contribution in [3.63, 3.8) is 0 Å². The van der Waals surface area contributed by atoms with E-state index < -0.39 is 0 Å². The lowest BCUT2D eigenvalue weighted by Gasteiger charge is -2.10. The van der Waals surface area contributed by atoms with Crippen LogP contribution in [0.4, 0.5) is 0 Å². The summed E-state index contributed by atoms with van der Waals surface area (Å²) in [7, 11) is 0. The fraction of sp³-hybridized carbons (Fsp3) is 0.125. The van der Waals surface area contributed by atoms with Crippen LogP contribution in [0.1, 0.15) is 16.7 Å². The third-order valence-electron chi connectivity index (χ3n) is 5.39. The largest absolute Gasteiger partial charge is 0.352 e. The van der Waals surface area contributed by atoms with Crippen molar-refractivity contribution in [2.45, 2.75) is 20.0 Å². The number of nitrogens with zero attached hydrogens (tertiary/aromatic N) is 4. The minimum Gasteiger partial charge on any atom is -0.272 e. The van der Waals surface area contributed by atoms with Crippen LogP contribution in [0, 0.1) is 6.92 Å². The molecule has 7 heteroatoms. The predicted molar refractivity (Wildman–Crippen MR) is 122 cm³/mol. The van der Waals surface area contributed by atoms with Gasteiger partial charge in [0.25, 0.3) is 5.56 Å². The highest BCUT2D eigenvalue weighted by atomic mass is 35.5. The van der Waals surface area contributed by atoms with E-state index in [1.54, 1.807) is 34.9 Å². The monoisotopic (exact) mass is 430 g/mol. The summed E-state index contributed by atoms with van der Waals surface area (Å²) in [5.41, 5.74) is 3.08. The lowest BCUT2D eigenvalue weighted by Crippen LogP contribution is -2.27. The van der Waals surface area contributed by atoms with Crippen molar-refractivity contribution >= 4 is 28.3 Å². The van der Waals surface area contributed by atoms with Crippen LogP contribution in [0.5, 0.6) is 0 Å². The number of para-hydroxylation sites is 1. The maximum atomic E-state index is 13.3. The molecule has 6 nitrogen and oxygen atoms in total. The SMILES string of the molecule is Cc1ccc(Cn2c(=O)c3ccccc3n3c(=O)n(Cc4ccc(Cl)cc4)nc23)cc1. The number of aromatic nitrogens is 4. The van der Waals surface area contributed by atoms with Gasteiger partial charge in [-0.1, -0.05) is 65.7 Å². The van der Waals surface area contributed by atoms with E-state index in [-0.39, 0.29) is 17.8 Å². The summed E-state index contributed by atoms with van der Waals surface area (Å²) in [5.74, 6) is 0.322. The number of benzene rings is 3. The van der Waals surface area contributed by atoms with Gasteiger partial charge in [-0.3, -0.25) is 9.36 Å². The van der Waals surface area contributed by atoms with Gasteiger partial charge in [-0.15, -0.1) is 5.10 Å². The van der Waals surface area contributed by atoms with E-state index in [0.717, 1.165) is 16.7 Å². The Hall–Kier alpha value is -3.64. The van der Waals surface area contributed by atoms with Crippen molar-refractivity contribution in [1.82, 2.24) is 18.7 Å². The summed E-state index contributed by atoms with van der Waals surface area (Å²) in [6, 6.07) is 22.4. The molecule has 0 saturated heterocycles. The van der Waals surface area contributed by atoms with Gasteiger partial charge in [0.1, 0.15) is 0 Å². The quantitative estimate of drug-likeness (QED) is 0.435. The molecule has 0 spiro atoms. The Morgan fingerprint density at radius 1 is 0.839 bits per heavy atom. The molecule has 0 amide bonds. The standard InChI is InChI=1S/C24H19ClN4O2/c1-16-6-8-17(9-7-16)14-27-22(30)20-4-2-3-5-21(20)29-23(27)26-28(24(29)31)15-18-10-12-19(25)13-11-18/h2-13H,14-15H2,1H3. The summed E-state index contributed by atoms with van der Waals surface area (Å²) in [6.45, 7) is 2.62. The highest BCUT2D eigenvalue weighted by Gasteiger charge is 2.17. The Labute approximate surface area is 182 Å². The van der Waals surface area contributed by atoms with Crippen molar-refractivity contribution in [1.29, 1.82) is 0 Å². The minimum atomic E-state index is -0.293. The molecule has 5 rings (SSSR count). The molecule has 154 valence electrons. The number of fused-ring (bicyclic) bond motifs is 3. The summed E-state index contributed by atoms with van der Waals surface area (Å²) in [4.78, 5) is 26.6. The smallest absolute Gasteiger partial charge is 0.272 e. The van der Waals surface area contributed by atoms with Crippen LogP contribution < -0.4 is 11.2 Å². The zero-order valence-electron chi connectivity index (χ0n) is 16.8. The van der Waals surface area contributed by atoms with Crippen molar-refractivity contribution < 1.29 is 0 Å². The van der Waals surface area contributed by atoms with Crippen LogP contribution in [0.25, 0.3) is 16.7 Å². The maximum Gasteiger partial charge on any atom is 0.352 e. The van der Waals surface area contributed by atoms with Crippen LogP contribution in [0.2, 0.25) is 5.02 Å². The van der Waals surface area contributed by atoms with Gasteiger partial charge in [0, 0.05) is 5.02 Å². The molecular weight excluding hydrogens is 412 g/mol. The second-order valence-corrected chi connectivity index (χ2v) is 8.03. The highest BCUT2D eigenvalue weighted by molar-refractivity contribution is 6.30. The normalized spacial score (nSPS) is 11.4. The highest BCUT2D eigenvalue weighted by Crippen LogP contribution is 2.14. The lowest BCUT2D eigenvalue weighted by molar-refractivity contribution is 0.654. The molecule has 3 aromatic carbocycles. The molecule has 31 heavy (non-hydrogen) atoms. The first-order valence-electron chi connectivity index (χ1n) is 9.92. The molecule has 2 heterocycles. The molecule has 0 atom stereocenters. The Bertz CT molecular complexity index is 1530. The first-order valence-corrected chi connectivity index (χ1v) is 10.3. The van der Waals surface area contributed by atoms with Gasteiger partial charge in [0.05, 0.1) is 24.0 Å². The third-order valence-corrected chi connectivity index (χ3v) is 5.64. The molecule has 2 aromatic heterocycles. The maximum absolute atomic E-state index is 13.3. The molecule has 0 aliphatic carbocycles. The van der Waals surface area contributed by atoms with Gasteiger partial charge in [0.15, 0.2) is 0 Å². The Morgan fingerprint density at radius 3 is 2.23 bits per heavy atom. The fourth-order valence-corrected chi connectivity index (χ4v) is 3.88. The Balaban J connectivity index is 1.73. The van der Waals surface area contributed by atoms with Crippen molar-refractivity contribution in [3.05, 3.63) is 115 Å². The van der Waals surface area contributed by atoms with E-state index in [4.69, 9.17) is 11.6 Å². The molecule has 0 bridgehead atoms. The number of halogens is 1. The van der Waals surface area contributed by atoms with Crippen molar-refractivity contribution in [3.8, 4) is 0 Å². The fourth-order valence-electron chi connectivity index (χ4n) is 3.75. The molecule has 5 aromatic rings. The second-order valence-electron chi connectivity index (χ2n) is 7.60. The van der Waals surface area contributed by atoms with Crippen LogP contribution in [0.3, 0.4) is 0 Å². The van der Waals surface area contributed by atoms with Gasteiger partial charge < -0.3 is 0 Å². The summed E-state index contributed by atoms with van der Waals surface area (Å²) < 4.78 is 4.46. The Kier molecular flexibility index (Phi) is 4.71. The molecule has 0 fully saturated rings. The number of aryl methyl sites for hydroxylation is 1. The molecule has 0 unspecified atom stereocenters. The van der Waals surface area contributed by atoms with Crippen LogP contribution in [-0.4, -0.2) is 18.7 Å². The molecule has 0 saturated carbocycles. The van der Waals surface area contributed by atoms with Crippen molar-refractivity contribution in [2.24, 2.45) is 0 Å². The molecule has 0 aliphatic heterocycles. The van der Waals surface area contributed by atoms with Crippen LogP contribution in [0.15, 0.2) is 82.4 Å². The van der Waals surface area contributed by atoms with Gasteiger partial charge in [0.2, 0.25) is 5.78 Å². The molecule has 0 N–H and O–H groups in total. The van der Waals surface area contributed by atoms with Crippen LogP contribution in [-0.2, 0) is 13.1 Å². The van der Waals surface area contributed by atoms with E-state index in [9.17, 15) is 9.59 Å². The molecule has 0 aliphatic rings. The molecular formula is C24H19ClN4O2. The Morgan fingerprint density at radius 2 is 1.48 bits per heavy atom. The first-order chi connectivity index (χ1) is 15.0. The zero-order chi connectivity index (χ0) is 21.5. The average Bonchev–Trinajstić information content (AvgIpc) is 3.10. The number of rotatable bonds is 4. The first kappa shape index (κ1) is 19.3. The second kappa shape index (κ2) is 7.56. The van der Waals surface area contributed by atoms with E-state index in [2.05, 4.69) is 5.10 Å². The van der Waals surface area contributed by atoms with Gasteiger partial charge in [-0.25, -0.2) is 13.9 Å². The predicted octanol–water partition coefficient (Wildman–Crippen LogP) is 3.87. The van der Waals surface area contributed by atoms with Gasteiger partial charge in [-0.2, -0.15) is 0 Å². The van der Waals surface area contributed by atoms with E-state index in [0.29, 0.717) is 28.2 Å². The average molecular weight is 431 g/mol. The minimum absolute atomic E-state index is 0.174. The zero-order valence-corrected chi connectivity index (χ0v) is 17.6. The van der Waals surface area contributed by atoms with E-state index >= 15 is 0 Å². The third kappa shape index (κ3) is 3.45. The number of hydrogen-bond donors (Lipinski definition) is 0. The molecule has 0 radical (unpaired) electrons. The van der Waals surface area contributed by atoms with Crippen molar-refractivity contribution in [2.75, 3.05) is 0 Å².